The second-order valence-electron chi connectivity index (χ2n) is 4.44. The monoisotopic (exact) mass is 297 g/mol. The molecule has 0 radical (unpaired) electrons. The van der Waals surface area contributed by atoms with Gasteiger partial charge in [0.15, 0.2) is 5.82 Å². The lowest BCUT2D eigenvalue weighted by Crippen LogP contribution is -2.30. The highest BCUT2D eigenvalue weighted by Crippen LogP contribution is 2.33. The summed E-state index contributed by atoms with van der Waals surface area (Å²) in [6.07, 6.45) is 3.81. The molecule has 1 aliphatic rings. The molecule has 0 N–H and O–H groups in total. The summed E-state index contributed by atoms with van der Waals surface area (Å²) in [5, 5.41) is 0.357. The number of nitrogens with zero attached hydrogens (tertiary/aromatic N) is 3. The van der Waals surface area contributed by atoms with Crippen molar-refractivity contribution in [3.63, 3.8) is 0 Å². The van der Waals surface area contributed by atoms with Gasteiger partial charge in [0.05, 0.1) is 10.2 Å². The molecular formula is C14H20ClN3S. The van der Waals surface area contributed by atoms with E-state index in [1.54, 1.807) is 11.3 Å². The van der Waals surface area contributed by atoms with Crippen LogP contribution >= 0.6 is 22.9 Å². The number of halogens is 1. The molecule has 0 bridgehead atoms. The third-order valence-corrected chi connectivity index (χ3v) is 4.31. The first-order chi connectivity index (χ1) is 9.24. The first-order valence-corrected chi connectivity index (χ1v) is 8.12. The topological polar surface area (TPSA) is 29.0 Å². The van der Waals surface area contributed by atoms with Crippen molar-refractivity contribution in [3.05, 3.63) is 16.2 Å². The number of fused-ring (bicyclic) bond motifs is 1. The fourth-order valence-electron chi connectivity index (χ4n) is 2.33. The SMILES string of the molecule is CC.Cc1cc2nc(Cl)nc(N3CCCCC3)c2s1. The second-order valence-corrected chi connectivity index (χ2v) is 6.03. The van der Waals surface area contributed by atoms with E-state index >= 15 is 0 Å². The van der Waals surface area contributed by atoms with Crippen LogP contribution in [0.1, 0.15) is 38.0 Å². The van der Waals surface area contributed by atoms with Crippen molar-refractivity contribution in [1.29, 1.82) is 0 Å². The Kier molecular flexibility index (Phi) is 4.99. The summed E-state index contributed by atoms with van der Waals surface area (Å²) >= 11 is 7.76. The minimum Gasteiger partial charge on any atom is -0.355 e. The van der Waals surface area contributed by atoms with E-state index in [9.17, 15) is 0 Å². The highest BCUT2D eigenvalue weighted by molar-refractivity contribution is 7.19. The first kappa shape index (κ1) is 14.5. The second kappa shape index (κ2) is 6.53. The zero-order valence-corrected chi connectivity index (χ0v) is 13.3. The standard InChI is InChI=1S/C12H14ClN3S.C2H6/c1-8-7-9-10(17-8)11(15-12(13)14-9)16-5-3-2-4-6-16;1-2/h7H,2-6H2,1H3;1-2H3. The quantitative estimate of drug-likeness (QED) is 0.716. The fourth-order valence-corrected chi connectivity index (χ4v) is 3.47. The van der Waals surface area contributed by atoms with Gasteiger partial charge in [-0.3, -0.25) is 0 Å². The first-order valence-electron chi connectivity index (χ1n) is 6.93. The van der Waals surface area contributed by atoms with Gasteiger partial charge in [0, 0.05) is 18.0 Å². The van der Waals surface area contributed by atoms with Crippen LogP contribution < -0.4 is 4.90 Å². The van der Waals surface area contributed by atoms with E-state index in [1.165, 1.54) is 28.8 Å². The van der Waals surface area contributed by atoms with Crippen molar-refractivity contribution in [1.82, 2.24) is 9.97 Å². The number of hydrogen-bond acceptors (Lipinski definition) is 4. The molecular weight excluding hydrogens is 278 g/mol. The van der Waals surface area contributed by atoms with Crippen molar-refractivity contribution >= 4 is 39.0 Å². The minimum atomic E-state index is 0.357. The van der Waals surface area contributed by atoms with Crippen molar-refractivity contribution in [2.75, 3.05) is 18.0 Å². The summed E-state index contributed by atoms with van der Waals surface area (Å²) in [6, 6.07) is 2.08. The Morgan fingerprint density at radius 1 is 1.16 bits per heavy atom. The Morgan fingerprint density at radius 3 is 2.53 bits per heavy atom. The lowest BCUT2D eigenvalue weighted by atomic mass is 10.1. The average molecular weight is 298 g/mol. The van der Waals surface area contributed by atoms with Crippen LogP contribution in [0.2, 0.25) is 5.28 Å². The van der Waals surface area contributed by atoms with Gasteiger partial charge < -0.3 is 4.90 Å². The molecule has 0 atom stereocenters. The van der Waals surface area contributed by atoms with E-state index in [2.05, 4.69) is 27.9 Å². The van der Waals surface area contributed by atoms with Crippen LogP contribution in [0.5, 0.6) is 0 Å². The molecule has 3 rings (SSSR count). The van der Waals surface area contributed by atoms with Gasteiger partial charge in [0.1, 0.15) is 0 Å². The zero-order chi connectivity index (χ0) is 13.8. The molecule has 19 heavy (non-hydrogen) atoms. The summed E-state index contributed by atoms with van der Waals surface area (Å²) in [7, 11) is 0. The number of anilines is 1. The molecule has 3 nitrogen and oxygen atoms in total. The summed E-state index contributed by atoms with van der Waals surface area (Å²) in [5.41, 5.74) is 0.980. The molecule has 1 aliphatic heterocycles. The molecule has 0 spiro atoms. The van der Waals surface area contributed by atoms with Crippen molar-refractivity contribution in [2.45, 2.75) is 40.0 Å². The van der Waals surface area contributed by atoms with E-state index in [0.29, 0.717) is 5.28 Å². The molecule has 5 heteroatoms. The van der Waals surface area contributed by atoms with Gasteiger partial charge in [-0.15, -0.1) is 11.3 Å². The molecule has 0 amide bonds. The van der Waals surface area contributed by atoms with Crippen LogP contribution in [0.25, 0.3) is 10.2 Å². The van der Waals surface area contributed by atoms with Crippen LogP contribution in [-0.2, 0) is 0 Å². The maximum absolute atomic E-state index is 6.01. The molecule has 1 fully saturated rings. The van der Waals surface area contributed by atoms with Gasteiger partial charge in [-0.1, -0.05) is 13.8 Å². The number of rotatable bonds is 1. The molecule has 2 aromatic heterocycles. The molecule has 0 aliphatic carbocycles. The Bertz CT molecular complexity index is 547. The lowest BCUT2D eigenvalue weighted by molar-refractivity contribution is 0.575. The summed E-state index contributed by atoms with van der Waals surface area (Å²) in [5.74, 6) is 1.03. The van der Waals surface area contributed by atoms with Crippen LogP contribution in [-0.4, -0.2) is 23.1 Å². The number of hydrogen-bond donors (Lipinski definition) is 0. The molecule has 0 unspecified atom stereocenters. The van der Waals surface area contributed by atoms with Crippen LogP contribution in [0, 0.1) is 6.92 Å². The molecule has 3 heterocycles. The van der Waals surface area contributed by atoms with Crippen molar-refractivity contribution < 1.29 is 0 Å². The maximum Gasteiger partial charge on any atom is 0.224 e. The predicted molar refractivity (Wildman–Crippen MR) is 84.6 cm³/mol. The van der Waals surface area contributed by atoms with E-state index < -0.39 is 0 Å². The molecule has 0 aromatic carbocycles. The van der Waals surface area contributed by atoms with Crippen LogP contribution in [0.3, 0.4) is 0 Å². The third kappa shape index (κ3) is 3.18. The van der Waals surface area contributed by atoms with Crippen molar-refractivity contribution in [3.8, 4) is 0 Å². The number of aryl methyl sites for hydroxylation is 1. The van der Waals surface area contributed by atoms with E-state index in [-0.39, 0.29) is 0 Å². The smallest absolute Gasteiger partial charge is 0.224 e. The van der Waals surface area contributed by atoms with Gasteiger partial charge >= 0.3 is 0 Å². The van der Waals surface area contributed by atoms with Crippen LogP contribution in [0.15, 0.2) is 6.07 Å². The Labute approximate surface area is 123 Å². The summed E-state index contributed by atoms with van der Waals surface area (Å²) < 4.78 is 1.17. The fraction of sp³-hybridized carbons (Fsp3) is 0.571. The number of thiophene rings is 1. The predicted octanol–water partition coefficient (Wildman–Crippen LogP) is 4.67. The van der Waals surface area contributed by atoms with Gasteiger partial charge in [-0.25, -0.2) is 4.98 Å². The van der Waals surface area contributed by atoms with E-state index in [1.807, 2.05) is 13.8 Å². The lowest BCUT2D eigenvalue weighted by Gasteiger charge is -2.27. The molecule has 0 saturated carbocycles. The normalized spacial score (nSPS) is 15.3. The van der Waals surface area contributed by atoms with E-state index in [0.717, 1.165) is 24.4 Å². The minimum absolute atomic E-state index is 0.357. The summed E-state index contributed by atoms with van der Waals surface area (Å²) in [4.78, 5) is 12.3. The Hall–Kier alpha value is -0.870. The van der Waals surface area contributed by atoms with Gasteiger partial charge in [0.2, 0.25) is 5.28 Å². The number of aromatic nitrogens is 2. The van der Waals surface area contributed by atoms with Gasteiger partial charge in [0.25, 0.3) is 0 Å². The largest absolute Gasteiger partial charge is 0.355 e. The Balaban J connectivity index is 0.000000637. The molecule has 104 valence electrons. The Morgan fingerprint density at radius 2 is 1.84 bits per heavy atom. The third-order valence-electron chi connectivity index (χ3n) is 3.11. The highest BCUT2D eigenvalue weighted by Gasteiger charge is 2.18. The van der Waals surface area contributed by atoms with Gasteiger partial charge in [-0.2, -0.15) is 4.98 Å². The maximum atomic E-state index is 6.01. The highest BCUT2D eigenvalue weighted by atomic mass is 35.5. The summed E-state index contributed by atoms with van der Waals surface area (Å²) in [6.45, 7) is 8.26. The van der Waals surface area contributed by atoms with Crippen molar-refractivity contribution in [2.24, 2.45) is 0 Å². The average Bonchev–Trinajstić information content (AvgIpc) is 2.81. The van der Waals surface area contributed by atoms with E-state index in [4.69, 9.17) is 11.6 Å². The molecule has 2 aromatic rings. The zero-order valence-electron chi connectivity index (χ0n) is 11.7. The molecule has 1 saturated heterocycles. The number of piperidine rings is 1. The van der Waals surface area contributed by atoms with Gasteiger partial charge in [-0.05, 0) is 43.9 Å². The van der Waals surface area contributed by atoms with Crippen LogP contribution in [0.4, 0.5) is 5.82 Å².